The van der Waals surface area contributed by atoms with Crippen LogP contribution in [0.5, 0.6) is 0 Å². The summed E-state index contributed by atoms with van der Waals surface area (Å²) in [7, 11) is 0. The van der Waals surface area contributed by atoms with E-state index in [0.717, 1.165) is 6.42 Å². The van der Waals surface area contributed by atoms with Crippen molar-refractivity contribution in [2.24, 2.45) is 0 Å². The summed E-state index contributed by atoms with van der Waals surface area (Å²) in [5.41, 5.74) is 10.1. The van der Waals surface area contributed by atoms with Crippen LogP contribution in [0, 0.1) is 20.8 Å². The van der Waals surface area contributed by atoms with Crippen molar-refractivity contribution in [2.45, 2.75) is 27.2 Å². The fraction of sp³-hybridized carbons (Fsp3) is 0.250. The fourth-order valence-corrected chi connectivity index (χ4v) is 2.68. The van der Waals surface area contributed by atoms with E-state index >= 15 is 0 Å². The summed E-state index contributed by atoms with van der Waals surface area (Å²) in [5.74, 6) is 0. The van der Waals surface area contributed by atoms with Crippen LogP contribution in [0.3, 0.4) is 0 Å². The van der Waals surface area contributed by atoms with Crippen molar-refractivity contribution in [3.63, 3.8) is 0 Å². The molecule has 0 nitrogen and oxygen atoms in total. The molecule has 0 amide bonds. The second-order valence-electron chi connectivity index (χ2n) is 4.88. The Morgan fingerprint density at radius 2 is 1.62 bits per heavy atom. The lowest BCUT2D eigenvalue weighted by atomic mass is 9.96. The Balaban J connectivity index is 2.34. The van der Waals surface area contributed by atoms with E-state index in [0.29, 0.717) is 0 Å². The Morgan fingerprint density at radius 1 is 0.875 bits per heavy atom. The molecule has 0 aliphatic heterocycles. The summed E-state index contributed by atoms with van der Waals surface area (Å²) in [6.07, 6.45) is 1.10. The van der Waals surface area contributed by atoms with E-state index < -0.39 is 0 Å². The molecule has 0 aromatic heterocycles. The van der Waals surface area contributed by atoms with Crippen molar-refractivity contribution < 1.29 is 0 Å². The maximum absolute atomic E-state index is 2.33. The molecule has 0 fully saturated rings. The van der Waals surface area contributed by atoms with Gasteiger partial charge in [-0.05, 0) is 60.6 Å². The Labute approximate surface area is 96.9 Å². The maximum Gasteiger partial charge on any atom is -0.00133 e. The minimum absolute atomic E-state index is 1.10. The van der Waals surface area contributed by atoms with Crippen LogP contribution in [0.2, 0.25) is 0 Å². The average Bonchev–Trinajstić information content (AvgIpc) is 2.62. The molecule has 2 aromatic rings. The predicted molar refractivity (Wildman–Crippen MR) is 68.9 cm³/mol. The predicted octanol–water partition coefficient (Wildman–Crippen LogP) is 4.18. The van der Waals surface area contributed by atoms with Crippen LogP contribution in [0.25, 0.3) is 11.1 Å². The third-order valence-electron chi connectivity index (χ3n) is 3.74. The third-order valence-corrected chi connectivity index (χ3v) is 3.74. The molecule has 0 unspecified atom stereocenters. The summed E-state index contributed by atoms with van der Waals surface area (Å²) < 4.78 is 0. The molecule has 0 saturated carbocycles. The minimum atomic E-state index is 1.10. The lowest BCUT2D eigenvalue weighted by Crippen LogP contribution is -1.88. The Bertz CT molecular complexity index is 577. The van der Waals surface area contributed by atoms with Crippen molar-refractivity contribution in [3.8, 4) is 11.1 Å². The quantitative estimate of drug-likeness (QED) is 0.520. The van der Waals surface area contributed by atoms with Gasteiger partial charge in [0.1, 0.15) is 0 Å². The average molecular weight is 208 g/mol. The zero-order chi connectivity index (χ0) is 11.3. The first-order valence-electron chi connectivity index (χ1n) is 5.86. The highest BCUT2D eigenvalue weighted by molar-refractivity contribution is 5.80. The number of benzene rings is 2. The first-order valence-corrected chi connectivity index (χ1v) is 5.86. The standard InChI is InChI=1S/C16H16/c1-10-4-6-13-9-14-7-5-11(2)12(3)16(14)15(13)8-10/h4-8H,9H2,1-3H3. The minimum Gasteiger partial charge on any atom is -0.0590 e. The van der Waals surface area contributed by atoms with Crippen LogP contribution in [0.1, 0.15) is 27.8 Å². The van der Waals surface area contributed by atoms with Gasteiger partial charge < -0.3 is 0 Å². The van der Waals surface area contributed by atoms with Crippen molar-refractivity contribution >= 4 is 0 Å². The van der Waals surface area contributed by atoms with Gasteiger partial charge in [-0.2, -0.15) is 0 Å². The number of rotatable bonds is 0. The molecule has 3 rings (SSSR count). The van der Waals surface area contributed by atoms with Crippen molar-refractivity contribution in [2.75, 3.05) is 0 Å². The largest absolute Gasteiger partial charge is 0.0590 e. The SMILES string of the molecule is Cc1ccc2c(c1)-c1c(ccc(C)c1C)C2. The highest BCUT2D eigenvalue weighted by Crippen LogP contribution is 2.40. The zero-order valence-electron chi connectivity index (χ0n) is 10.1. The molecule has 80 valence electrons. The van der Waals surface area contributed by atoms with E-state index in [1.165, 1.54) is 38.9 Å². The highest BCUT2D eigenvalue weighted by atomic mass is 14.2. The number of hydrogen-bond donors (Lipinski definition) is 0. The molecule has 0 atom stereocenters. The van der Waals surface area contributed by atoms with Gasteiger partial charge in [-0.25, -0.2) is 0 Å². The van der Waals surface area contributed by atoms with Crippen molar-refractivity contribution in [1.29, 1.82) is 0 Å². The van der Waals surface area contributed by atoms with Gasteiger partial charge in [-0.1, -0.05) is 35.9 Å². The van der Waals surface area contributed by atoms with Crippen molar-refractivity contribution in [1.82, 2.24) is 0 Å². The normalized spacial score (nSPS) is 12.4. The van der Waals surface area contributed by atoms with Crippen LogP contribution >= 0.6 is 0 Å². The molecule has 16 heavy (non-hydrogen) atoms. The lowest BCUT2D eigenvalue weighted by Gasteiger charge is -2.09. The molecule has 2 aromatic carbocycles. The number of hydrogen-bond acceptors (Lipinski definition) is 0. The van der Waals surface area contributed by atoms with Crippen LogP contribution in [0.4, 0.5) is 0 Å². The van der Waals surface area contributed by atoms with Gasteiger partial charge in [0.2, 0.25) is 0 Å². The summed E-state index contributed by atoms with van der Waals surface area (Å²) in [6, 6.07) is 11.3. The molecule has 0 saturated heterocycles. The van der Waals surface area contributed by atoms with Gasteiger partial charge >= 0.3 is 0 Å². The Hall–Kier alpha value is -1.56. The van der Waals surface area contributed by atoms with E-state index in [2.05, 4.69) is 51.1 Å². The molecule has 1 aliphatic rings. The van der Waals surface area contributed by atoms with E-state index in [1.807, 2.05) is 0 Å². The maximum atomic E-state index is 2.33. The molecule has 0 spiro atoms. The van der Waals surface area contributed by atoms with Gasteiger partial charge in [-0.15, -0.1) is 0 Å². The van der Waals surface area contributed by atoms with Crippen LogP contribution in [0.15, 0.2) is 30.3 Å². The smallest absolute Gasteiger partial charge is 0.00133 e. The third kappa shape index (κ3) is 1.23. The van der Waals surface area contributed by atoms with E-state index in [9.17, 15) is 0 Å². The summed E-state index contributed by atoms with van der Waals surface area (Å²) in [4.78, 5) is 0. The van der Waals surface area contributed by atoms with Gasteiger partial charge in [0, 0.05) is 0 Å². The molecule has 0 heterocycles. The van der Waals surface area contributed by atoms with Gasteiger partial charge in [-0.3, -0.25) is 0 Å². The highest BCUT2D eigenvalue weighted by Gasteiger charge is 2.20. The molecule has 1 aliphatic carbocycles. The number of fused-ring (bicyclic) bond motifs is 3. The number of aryl methyl sites for hydroxylation is 2. The van der Waals surface area contributed by atoms with E-state index in [4.69, 9.17) is 0 Å². The fourth-order valence-electron chi connectivity index (χ4n) is 2.68. The van der Waals surface area contributed by atoms with Gasteiger partial charge in [0.15, 0.2) is 0 Å². The molecule has 0 N–H and O–H groups in total. The first-order chi connectivity index (χ1) is 7.66. The van der Waals surface area contributed by atoms with Crippen molar-refractivity contribution in [3.05, 3.63) is 58.1 Å². The zero-order valence-corrected chi connectivity index (χ0v) is 10.1. The molecular weight excluding hydrogens is 192 g/mol. The molecule has 0 bridgehead atoms. The van der Waals surface area contributed by atoms with Crippen LogP contribution in [-0.2, 0) is 6.42 Å². The summed E-state index contributed by atoms with van der Waals surface area (Å²) >= 11 is 0. The van der Waals surface area contributed by atoms with E-state index in [-0.39, 0.29) is 0 Å². The Kier molecular flexibility index (Phi) is 1.94. The molecular formula is C16H16. The topological polar surface area (TPSA) is 0 Å². The van der Waals surface area contributed by atoms with Crippen LogP contribution < -0.4 is 0 Å². The first kappa shape index (κ1) is 9.65. The second kappa shape index (κ2) is 3.21. The van der Waals surface area contributed by atoms with Gasteiger partial charge in [0.25, 0.3) is 0 Å². The monoisotopic (exact) mass is 208 g/mol. The lowest BCUT2D eigenvalue weighted by molar-refractivity contribution is 1.24. The Morgan fingerprint density at radius 3 is 2.44 bits per heavy atom. The summed E-state index contributed by atoms with van der Waals surface area (Å²) in [5, 5.41) is 0. The molecule has 0 radical (unpaired) electrons. The molecule has 0 heteroatoms. The van der Waals surface area contributed by atoms with E-state index in [1.54, 1.807) is 0 Å². The van der Waals surface area contributed by atoms with Gasteiger partial charge in [0.05, 0.1) is 0 Å². The summed E-state index contributed by atoms with van der Waals surface area (Å²) in [6.45, 7) is 6.61. The second-order valence-corrected chi connectivity index (χ2v) is 4.88. The van der Waals surface area contributed by atoms with Crippen LogP contribution in [-0.4, -0.2) is 0 Å².